The molecule has 0 fully saturated rings. The lowest BCUT2D eigenvalue weighted by Crippen LogP contribution is -2.11. The molecule has 8 heteroatoms. The van der Waals surface area contributed by atoms with E-state index in [0.717, 1.165) is 33.4 Å². The van der Waals surface area contributed by atoms with E-state index in [0.29, 0.717) is 10.6 Å². The highest BCUT2D eigenvalue weighted by Crippen LogP contribution is 2.24. The topological polar surface area (TPSA) is 72.2 Å². The fourth-order valence-corrected chi connectivity index (χ4v) is 3.50. The van der Waals surface area contributed by atoms with E-state index in [9.17, 15) is 4.79 Å². The predicted octanol–water partition coefficient (Wildman–Crippen LogP) is 3.48. The van der Waals surface area contributed by atoms with Crippen molar-refractivity contribution in [2.75, 3.05) is 5.32 Å². The highest BCUT2D eigenvalue weighted by molar-refractivity contribution is 7.15. The minimum atomic E-state index is -0.194. The van der Waals surface area contributed by atoms with Crippen LogP contribution in [0.1, 0.15) is 15.4 Å². The molecule has 0 bridgehead atoms. The van der Waals surface area contributed by atoms with Gasteiger partial charge >= 0.3 is 0 Å². The largest absolute Gasteiger partial charge is 0.321 e. The number of rotatable bonds is 3. The van der Waals surface area contributed by atoms with Crippen LogP contribution in [0, 0.1) is 6.92 Å². The maximum absolute atomic E-state index is 12.2. The van der Waals surface area contributed by atoms with Crippen molar-refractivity contribution in [2.45, 2.75) is 6.92 Å². The minimum absolute atomic E-state index is 0.194. The summed E-state index contributed by atoms with van der Waals surface area (Å²) in [5.74, 6) is -0.194. The molecule has 0 saturated heterocycles. The molecule has 3 aromatic heterocycles. The number of amides is 1. The van der Waals surface area contributed by atoms with Gasteiger partial charge in [-0.1, -0.05) is 16.6 Å². The summed E-state index contributed by atoms with van der Waals surface area (Å²) >= 11 is 2.68. The third-order valence-electron chi connectivity index (χ3n) is 3.37. The van der Waals surface area contributed by atoms with Crippen LogP contribution >= 0.6 is 22.9 Å². The van der Waals surface area contributed by atoms with E-state index >= 15 is 0 Å². The van der Waals surface area contributed by atoms with E-state index in [1.165, 1.54) is 0 Å². The monoisotopic (exact) mass is 341 g/mol. The van der Waals surface area contributed by atoms with Gasteiger partial charge in [-0.2, -0.15) is 0 Å². The number of hydrogen-bond donors (Lipinski definition) is 1. The number of aromatic nitrogens is 4. The number of nitrogens with zero attached hydrogens (tertiary/aromatic N) is 4. The average molecular weight is 341 g/mol. The number of carbonyl (C=O) groups is 1. The molecule has 1 N–H and O–H groups in total. The van der Waals surface area contributed by atoms with Crippen molar-refractivity contribution in [2.24, 2.45) is 0 Å². The zero-order valence-electron chi connectivity index (χ0n) is 12.1. The molecular weight excluding hydrogens is 330 g/mol. The Bertz CT molecular complexity index is 972. The predicted molar refractivity (Wildman–Crippen MR) is 91.1 cm³/mol. The number of carbonyl (C=O) groups excluding carboxylic acids is 1. The first-order valence-corrected chi connectivity index (χ1v) is 8.49. The summed E-state index contributed by atoms with van der Waals surface area (Å²) < 4.78 is 5.77. The van der Waals surface area contributed by atoms with Gasteiger partial charge in [-0.15, -0.1) is 16.4 Å². The molecule has 0 aliphatic rings. The molecule has 23 heavy (non-hydrogen) atoms. The van der Waals surface area contributed by atoms with Crippen LogP contribution in [-0.2, 0) is 0 Å². The van der Waals surface area contributed by atoms with E-state index in [4.69, 9.17) is 0 Å². The van der Waals surface area contributed by atoms with E-state index in [1.54, 1.807) is 18.3 Å². The highest BCUT2D eigenvalue weighted by atomic mass is 32.1. The lowest BCUT2D eigenvalue weighted by molar-refractivity contribution is 0.103. The molecule has 0 spiro atoms. The number of aryl methyl sites for hydroxylation is 1. The van der Waals surface area contributed by atoms with Gasteiger partial charge in [0.25, 0.3) is 5.91 Å². The van der Waals surface area contributed by atoms with Gasteiger partial charge in [0.15, 0.2) is 4.96 Å². The van der Waals surface area contributed by atoms with Crippen molar-refractivity contribution in [3.8, 4) is 11.3 Å². The van der Waals surface area contributed by atoms with Gasteiger partial charge in [-0.25, -0.2) is 4.98 Å². The summed E-state index contributed by atoms with van der Waals surface area (Å²) in [5.41, 5.74) is 3.19. The minimum Gasteiger partial charge on any atom is -0.321 e. The number of nitrogens with one attached hydrogen (secondary N) is 1. The first-order valence-electron chi connectivity index (χ1n) is 6.83. The molecule has 0 aliphatic carbocycles. The third kappa shape index (κ3) is 2.62. The van der Waals surface area contributed by atoms with Crippen LogP contribution in [0.4, 0.5) is 5.69 Å². The molecule has 0 unspecified atom stereocenters. The number of hydrogen-bond acceptors (Lipinski definition) is 6. The van der Waals surface area contributed by atoms with Gasteiger partial charge in [-0.05, 0) is 30.6 Å². The molecule has 4 aromatic rings. The molecule has 1 aromatic carbocycles. The molecular formula is C15H11N5OS2. The van der Waals surface area contributed by atoms with E-state index in [1.807, 2.05) is 46.4 Å². The second kappa shape index (κ2) is 5.56. The van der Waals surface area contributed by atoms with Crippen molar-refractivity contribution >= 4 is 39.4 Å². The normalized spacial score (nSPS) is 11.0. The van der Waals surface area contributed by atoms with Crippen molar-refractivity contribution in [1.82, 2.24) is 19.0 Å². The first-order chi connectivity index (χ1) is 11.2. The smallest absolute Gasteiger partial charge is 0.269 e. The standard InChI is InChI=1S/C15H11N5OS2/c1-9-13(23-19-18-9)14(21)16-11-4-2-3-10(7-11)12-8-20-5-6-22-15(20)17-12/h2-8H,1H3,(H,16,21). The second-order valence-corrected chi connectivity index (χ2v) is 6.57. The highest BCUT2D eigenvalue weighted by Gasteiger charge is 2.14. The van der Waals surface area contributed by atoms with Crippen molar-refractivity contribution < 1.29 is 4.79 Å². The Morgan fingerprint density at radius 2 is 2.26 bits per heavy atom. The van der Waals surface area contributed by atoms with Crippen LogP contribution < -0.4 is 5.32 Å². The van der Waals surface area contributed by atoms with Crippen LogP contribution in [0.2, 0.25) is 0 Å². The van der Waals surface area contributed by atoms with Crippen LogP contribution in [0.15, 0.2) is 42.0 Å². The fraction of sp³-hybridized carbons (Fsp3) is 0.0667. The van der Waals surface area contributed by atoms with Gasteiger partial charge in [0.05, 0.1) is 11.4 Å². The van der Waals surface area contributed by atoms with Gasteiger partial charge in [0.1, 0.15) is 4.88 Å². The summed E-state index contributed by atoms with van der Waals surface area (Å²) in [6.07, 6.45) is 3.95. The van der Waals surface area contributed by atoms with Gasteiger partial charge in [0.2, 0.25) is 0 Å². The number of anilines is 1. The Morgan fingerprint density at radius 1 is 1.35 bits per heavy atom. The van der Waals surface area contributed by atoms with Crippen molar-refractivity contribution in [3.05, 3.63) is 52.6 Å². The summed E-state index contributed by atoms with van der Waals surface area (Å²) in [7, 11) is 0. The molecule has 3 heterocycles. The van der Waals surface area contributed by atoms with Gasteiger partial charge < -0.3 is 5.32 Å². The number of thiazole rings is 1. The Hall–Kier alpha value is -2.58. The maximum atomic E-state index is 12.2. The van der Waals surface area contributed by atoms with Crippen molar-refractivity contribution in [3.63, 3.8) is 0 Å². The molecule has 6 nitrogen and oxygen atoms in total. The van der Waals surface area contributed by atoms with E-state index in [-0.39, 0.29) is 5.91 Å². The Morgan fingerprint density at radius 3 is 3.04 bits per heavy atom. The van der Waals surface area contributed by atoms with Crippen LogP contribution in [0.25, 0.3) is 16.2 Å². The fourth-order valence-electron chi connectivity index (χ4n) is 2.25. The van der Waals surface area contributed by atoms with Crippen LogP contribution in [0.3, 0.4) is 0 Å². The summed E-state index contributed by atoms with van der Waals surface area (Å²) in [6, 6.07) is 7.63. The lowest BCUT2D eigenvalue weighted by atomic mass is 10.1. The number of imidazole rings is 1. The van der Waals surface area contributed by atoms with Crippen LogP contribution in [0.5, 0.6) is 0 Å². The molecule has 0 saturated carbocycles. The first kappa shape index (κ1) is 14.0. The number of benzene rings is 1. The van der Waals surface area contributed by atoms with Crippen molar-refractivity contribution in [1.29, 1.82) is 0 Å². The second-order valence-electron chi connectivity index (χ2n) is 4.94. The molecule has 1 amide bonds. The Balaban J connectivity index is 1.62. The molecule has 4 rings (SSSR count). The Kier molecular flexibility index (Phi) is 3.40. The summed E-state index contributed by atoms with van der Waals surface area (Å²) in [6.45, 7) is 1.77. The average Bonchev–Trinajstić information content (AvgIpc) is 3.22. The molecule has 0 radical (unpaired) electrons. The van der Waals surface area contributed by atoms with Gasteiger partial charge in [0, 0.05) is 29.0 Å². The molecule has 114 valence electrons. The van der Waals surface area contributed by atoms with Gasteiger partial charge in [-0.3, -0.25) is 9.20 Å². The van der Waals surface area contributed by atoms with Crippen LogP contribution in [-0.4, -0.2) is 24.9 Å². The Labute approximate surface area is 139 Å². The summed E-state index contributed by atoms with van der Waals surface area (Å²) in [4.78, 5) is 18.3. The summed E-state index contributed by atoms with van der Waals surface area (Å²) in [5, 5.41) is 8.74. The zero-order chi connectivity index (χ0) is 15.8. The van der Waals surface area contributed by atoms with E-state index in [2.05, 4.69) is 19.9 Å². The van der Waals surface area contributed by atoms with E-state index < -0.39 is 0 Å². The number of fused-ring (bicyclic) bond motifs is 1. The SMILES string of the molecule is Cc1nnsc1C(=O)Nc1cccc(-c2cn3ccsc3n2)c1. The lowest BCUT2D eigenvalue weighted by Gasteiger charge is -2.05. The maximum Gasteiger partial charge on any atom is 0.269 e. The molecule has 0 aliphatic heterocycles. The molecule has 0 atom stereocenters. The third-order valence-corrected chi connectivity index (χ3v) is 4.96. The zero-order valence-corrected chi connectivity index (χ0v) is 13.7. The quantitative estimate of drug-likeness (QED) is 0.619.